The van der Waals surface area contributed by atoms with E-state index in [0.29, 0.717) is 5.75 Å². The van der Waals surface area contributed by atoms with Crippen LogP contribution >= 0.6 is 0 Å². The SMILES string of the molecule is COc1ccc(C)cc1N=Nc1c(C(=O)O)cc(O)c(N=Nc2ccc(N=Nc3ccc(S(=O)(=O)CCOS(=O)(=O)O)cc3)c(NC(N)=O)c2)c1O. The van der Waals surface area contributed by atoms with Crippen LogP contribution in [-0.2, 0) is 24.4 Å². The fraction of sp³-hybridized carbons (Fsp3) is 0.133. The van der Waals surface area contributed by atoms with E-state index in [2.05, 4.69) is 40.2 Å². The molecule has 4 aromatic carbocycles. The molecule has 0 aliphatic heterocycles. The highest BCUT2D eigenvalue weighted by molar-refractivity contribution is 7.91. The van der Waals surface area contributed by atoms with Crippen LogP contribution in [0, 0.1) is 6.92 Å². The molecular weight excluding hydrogens is 729 g/mol. The number of azo groups is 3. The van der Waals surface area contributed by atoms with Gasteiger partial charge in [-0.2, -0.15) is 18.6 Å². The fourth-order valence-electron chi connectivity index (χ4n) is 4.19. The number of rotatable bonds is 14. The van der Waals surface area contributed by atoms with Gasteiger partial charge >= 0.3 is 22.4 Å². The predicted octanol–water partition coefficient (Wildman–Crippen LogP) is 6.44. The van der Waals surface area contributed by atoms with E-state index < -0.39 is 73.0 Å². The molecule has 0 aliphatic rings. The number of nitrogens with two attached hydrogens (primary N) is 1. The van der Waals surface area contributed by atoms with Crippen LogP contribution in [0.1, 0.15) is 15.9 Å². The van der Waals surface area contributed by atoms with E-state index in [1.807, 2.05) is 0 Å². The first-order valence-electron chi connectivity index (χ1n) is 14.3. The molecule has 4 rings (SSSR count). The molecule has 0 spiro atoms. The van der Waals surface area contributed by atoms with Crippen molar-refractivity contribution in [3.05, 3.63) is 77.9 Å². The van der Waals surface area contributed by atoms with Gasteiger partial charge in [-0.05, 0) is 73.2 Å². The number of ether oxygens (including phenoxy) is 1. The van der Waals surface area contributed by atoms with Gasteiger partial charge in [-0.1, -0.05) is 6.07 Å². The number of aromatic hydroxyl groups is 2. The summed E-state index contributed by atoms with van der Waals surface area (Å²) in [6.45, 7) is 0.985. The number of methoxy groups -OCH3 is 1. The van der Waals surface area contributed by atoms with E-state index >= 15 is 0 Å². The Hall–Kier alpha value is -6.36. The molecule has 22 heteroatoms. The number of carboxylic acid groups (broad SMARTS) is 1. The molecule has 0 bridgehead atoms. The molecule has 52 heavy (non-hydrogen) atoms. The number of carbonyl (C=O) groups is 2. The van der Waals surface area contributed by atoms with E-state index in [0.717, 1.165) is 11.6 Å². The number of aryl methyl sites for hydroxylation is 1. The third-order valence-electron chi connectivity index (χ3n) is 6.61. The van der Waals surface area contributed by atoms with Gasteiger partial charge < -0.3 is 31.1 Å². The van der Waals surface area contributed by atoms with Crippen molar-refractivity contribution < 1.29 is 55.2 Å². The molecule has 0 aromatic heterocycles. The van der Waals surface area contributed by atoms with Crippen LogP contribution in [0.2, 0.25) is 0 Å². The number of carbonyl (C=O) groups excluding carboxylic acids is 1. The van der Waals surface area contributed by atoms with Crippen LogP contribution in [0.25, 0.3) is 0 Å². The van der Waals surface area contributed by atoms with Gasteiger partial charge in [0, 0.05) is 0 Å². The number of anilines is 1. The molecule has 4 aromatic rings. The number of carboxylic acids is 1. The molecule has 272 valence electrons. The van der Waals surface area contributed by atoms with Gasteiger partial charge in [-0.25, -0.2) is 22.2 Å². The predicted molar refractivity (Wildman–Crippen MR) is 183 cm³/mol. The molecule has 7 N–H and O–H groups in total. The molecule has 0 saturated heterocycles. The number of aromatic carboxylic acids is 1. The average Bonchev–Trinajstić information content (AvgIpc) is 3.06. The summed E-state index contributed by atoms with van der Waals surface area (Å²) in [4.78, 5) is 23.4. The summed E-state index contributed by atoms with van der Waals surface area (Å²) in [5.41, 5.74) is 4.89. The lowest BCUT2D eigenvalue weighted by Crippen LogP contribution is -2.19. The molecule has 0 atom stereocenters. The quantitative estimate of drug-likeness (QED) is 0.0598. The number of urea groups is 1. The fourth-order valence-corrected chi connectivity index (χ4v) is 5.68. The van der Waals surface area contributed by atoms with Crippen LogP contribution in [0.4, 0.5) is 44.6 Å². The topological polar surface area (TPSA) is 314 Å². The second kappa shape index (κ2) is 16.1. The standard InChI is InChI=1S/C30H28N8O12S2/c1-16-3-10-25(49-2)23(13-16)36-37-26-20(29(41)42)15-24(39)27(28(26)40)38-34-18-6-9-21(22(14-18)32-30(31)43)35-33-17-4-7-19(8-5-17)51(44,45)12-11-50-52(46,47)48/h3-10,13-15,39-40H,11-12H2,1-2H3,(H,41,42)(H3,31,32,43)(H,46,47,48). The van der Waals surface area contributed by atoms with Crippen LogP contribution < -0.4 is 15.8 Å². The Balaban J connectivity index is 1.61. The number of phenolic OH excluding ortho intramolecular Hbond substituents is 2. The first kappa shape index (κ1) is 38.4. The van der Waals surface area contributed by atoms with Gasteiger partial charge in [0.05, 0.1) is 47.0 Å². The van der Waals surface area contributed by atoms with Crippen molar-refractivity contribution in [1.29, 1.82) is 0 Å². The second-order valence-corrected chi connectivity index (χ2v) is 13.5. The number of nitrogens with one attached hydrogen (secondary N) is 1. The Morgan fingerprint density at radius 2 is 1.44 bits per heavy atom. The lowest BCUT2D eigenvalue weighted by molar-refractivity contribution is 0.0696. The molecule has 0 radical (unpaired) electrons. The van der Waals surface area contributed by atoms with Crippen molar-refractivity contribution in [1.82, 2.24) is 0 Å². The molecule has 0 aliphatic carbocycles. The van der Waals surface area contributed by atoms with Gasteiger partial charge in [0.15, 0.2) is 21.3 Å². The van der Waals surface area contributed by atoms with E-state index in [1.54, 1.807) is 25.1 Å². The van der Waals surface area contributed by atoms with Gasteiger partial charge in [-0.15, -0.1) is 20.5 Å². The normalized spacial score (nSPS) is 12.1. The number of sulfone groups is 1. The lowest BCUT2D eigenvalue weighted by Gasteiger charge is -2.09. The number of hydrogen-bond acceptors (Lipinski definition) is 16. The molecular formula is C30H28N8O12S2. The second-order valence-electron chi connectivity index (χ2n) is 10.3. The summed E-state index contributed by atoms with van der Waals surface area (Å²) in [6.07, 6.45) is 0. The van der Waals surface area contributed by atoms with Gasteiger partial charge in [0.1, 0.15) is 28.6 Å². The smallest absolute Gasteiger partial charge is 0.397 e. The van der Waals surface area contributed by atoms with E-state index in [4.69, 9.17) is 15.0 Å². The minimum atomic E-state index is -4.81. The minimum Gasteiger partial charge on any atom is -0.505 e. The summed E-state index contributed by atoms with van der Waals surface area (Å²) in [5.74, 6) is -3.56. The van der Waals surface area contributed by atoms with Gasteiger partial charge in [0.2, 0.25) is 0 Å². The summed E-state index contributed by atoms with van der Waals surface area (Å²) in [6, 6.07) is 13.7. The number of phenols is 2. The first-order chi connectivity index (χ1) is 24.5. The van der Waals surface area contributed by atoms with E-state index in [9.17, 15) is 41.7 Å². The molecule has 0 saturated carbocycles. The Kier molecular flexibility index (Phi) is 11.9. The van der Waals surface area contributed by atoms with Crippen molar-refractivity contribution in [3.63, 3.8) is 0 Å². The summed E-state index contributed by atoms with van der Waals surface area (Å²) >= 11 is 0. The monoisotopic (exact) mass is 756 g/mol. The van der Waals surface area contributed by atoms with Crippen LogP contribution in [0.15, 0.2) is 102 Å². The molecule has 20 nitrogen and oxygen atoms in total. The maximum absolute atomic E-state index is 12.4. The van der Waals surface area contributed by atoms with Gasteiger partial charge in [0.25, 0.3) is 0 Å². The highest BCUT2D eigenvalue weighted by Gasteiger charge is 2.23. The molecule has 0 unspecified atom stereocenters. The Bertz CT molecular complexity index is 2330. The van der Waals surface area contributed by atoms with Crippen molar-refractivity contribution in [2.45, 2.75) is 11.8 Å². The molecule has 0 heterocycles. The average molecular weight is 757 g/mol. The third-order valence-corrected chi connectivity index (χ3v) is 8.77. The Morgan fingerprint density at radius 1 is 0.808 bits per heavy atom. The van der Waals surface area contributed by atoms with Gasteiger partial charge in [-0.3, -0.25) is 4.55 Å². The summed E-state index contributed by atoms with van der Waals surface area (Å²) < 4.78 is 64.0. The maximum Gasteiger partial charge on any atom is 0.397 e. The van der Waals surface area contributed by atoms with Crippen molar-refractivity contribution in [2.75, 3.05) is 24.8 Å². The number of amides is 2. The highest BCUT2D eigenvalue weighted by Crippen LogP contribution is 2.47. The lowest BCUT2D eigenvalue weighted by atomic mass is 10.1. The molecule has 0 fully saturated rings. The minimum absolute atomic E-state index is 0.0120. The van der Waals surface area contributed by atoms with E-state index in [-0.39, 0.29) is 33.3 Å². The summed E-state index contributed by atoms with van der Waals surface area (Å²) in [7, 11) is -7.38. The largest absolute Gasteiger partial charge is 0.505 e. The van der Waals surface area contributed by atoms with Crippen molar-refractivity contribution in [3.8, 4) is 17.2 Å². The number of benzene rings is 4. The number of nitrogens with zero attached hydrogens (tertiary/aromatic N) is 6. The first-order valence-corrected chi connectivity index (χ1v) is 17.4. The summed E-state index contributed by atoms with van der Waals surface area (Å²) in [5, 5.41) is 57.2. The van der Waals surface area contributed by atoms with Crippen LogP contribution in [0.5, 0.6) is 17.2 Å². The number of hydrogen-bond donors (Lipinski definition) is 6. The zero-order valence-corrected chi connectivity index (χ0v) is 28.5. The molecule has 2 amide bonds. The highest BCUT2D eigenvalue weighted by atomic mass is 32.3. The zero-order chi connectivity index (χ0) is 38.2. The van der Waals surface area contributed by atoms with Crippen molar-refractivity contribution >= 4 is 72.0 Å². The number of primary amides is 1. The third kappa shape index (κ3) is 10.1. The Morgan fingerprint density at radius 3 is 2.08 bits per heavy atom. The van der Waals surface area contributed by atoms with E-state index in [1.165, 1.54) is 49.6 Å². The maximum atomic E-state index is 12.4. The zero-order valence-electron chi connectivity index (χ0n) is 26.9. The van der Waals surface area contributed by atoms with Crippen LogP contribution in [-0.4, -0.2) is 68.2 Å². The van der Waals surface area contributed by atoms with Crippen molar-refractivity contribution in [2.24, 2.45) is 36.4 Å². The van der Waals surface area contributed by atoms with Crippen LogP contribution in [0.3, 0.4) is 0 Å². The Labute approximate surface area is 294 Å².